The van der Waals surface area contributed by atoms with Crippen molar-refractivity contribution in [3.63, 3.8) is 0 Å². The lowest BCUT2D eigenvalue weighted by atomic mass is 10.0. The maximum Gasteiger partial charge on any atom is 0.127 e. The van der Waals surface area contributed by atoms with Gasteiger partial charge < -0.3 is 10.5 Å². The molecule has 2 nitrogen and oxygen atoms in total. The van der Waals surface area contributed by atoms with Crippen LogP contribution in [0.2, 0.25) is 0 Å². The van der Waals surface area contributed by atoms with E-state index in [2.05, 4.69) is 6.08 Å². The van der Waals surface area contributed by atoms with Crippen molar-refractivity contribution in [1.82, 2.24) is 0 Å². The quantitative estimate of drug-likeness (QED) is 0.678. The van der Waals surface area contributed by atoms with E-state index in [1.54, 1.807) is 0 Å². The van der Waals surface area contributed by atoms with E-state index in [9.17, 15) is 0 Å². The van der Waals surface area contributed by atoms with Crippen molar-refractivity contribution in [3.05, 3.63) is 35.4 Å². The molecule has 0 amide bonds. The molecule has 0 spiro atoms. The number of hydrogen-bond donors (Lipinski definition) is 1. The van der Waals surface area contributed by atoms with Crippen LogP contribution >= 0.6 is 0 Å². The van der Waals surface area contributed by atoms with E-state index >= 15 is 0 Å². The van der Waals surface area contributed by atoms with E-state index in [4.69, 9.17) is 10.5 Å². The molecule has 12 heavy (non-hydrogen) atoms. The van der Waals surface area contributed by atoms with Gasteiger partial charge in [0.15, 0.2) is 0 Å². The van der Waals surface area contributed by atoms with Crippen molar-refractivity contribution in [2.75, 3.05) is 6.61 Å². The van der Waals surface area contributed by atoms with Crippen LogP contribution in [0.1, 0.15) is 11.1 Å². The number of nitrogens with two attached hydrogens (primary N) is 1. The third kappa shape index (κ3) is 1.10. The summed E-state index contributed by atoms with van der Waals surface area (Å²) < 4.78 is 5.42. The van der Waals surface area contributed by atoms with E-state index in [1.165, 1.54) is 0 Å². The minimum absolute atomic E-state index is 0.566. The smallest absolute Gasteiger partial charge is 0.127 e. The average Bonchev–Trinajstić information content (AvgIpc) is 2.17. The van der Waals surface area contributed by atoms with E-state index in [0.717, 1.165) is 16.9 Å². The molecule has 0 atom stereocenters. The van der Waals surface area contributed by atoms with Gasteiger partial charge in [-0.3, -0.25) is 0 Å². The molecule has 0 aromatic heterocycles. The SMILES string of the molecule is NCc1cccc2c1C=CCO2. The third-order valence-electron chi connectivity index (χ3n) is 2.00. The van der Waals surface area contributed by atoms with Crippen LogP contribution in [-0.2, 0) is 6.54 Å². The Balaban J connectivity index is 2.54. The fraction of sp³-hybridized carbons (Fsp3) is 0.200. The summed E-state index contributed by atoms with van der Waals surface area (Å²) in [6, 6.07) is 5.97. The summed E-state index contributed by atoms with van der Waals surface area (Å²) in [5.74, 6) is 0.945. The number of rotatable bonds is 1. The summed E-state index contributed by atoms with van der Waals surface area (Å²) in [4.78, 5) is 0. The monoisotopic (exact) mass is 161 g/mol. The van der Waals surface area contributed by atoms with Gasteiger partial charge in [-0.15, -0.1) is 0 Å². The summed E-state index contributed by atoms with van der Waals surface area (Å²) in [6.45, 7) is 1.23. The van der Waals surface area contributed by atoms with Gasteiger partial charge >= 0.3 is 0 Å². The summed E-state index contributed by atoms with van der Waals surface area (Å²) in [5, 5.41) is 0. The van der Waals surface area contributed by atoms with Gasteiger partial charge in [0.25, 0.3) is 0 Å². The van der Waals surface area contributed by atoms with Crippen molar-refractivity contribution < 1.29 is 4.74 Å². The zero-order chi connectivity index (χ0) is 8.39. The molecule has 0 saturated heterocycles. The molecule has 1 aliphatic rings. The normalized spacial score (nSPS) is 13.8. The third-order valence-corrected chi connectivity index (χ3v) is 2.00. The minimum Gasteiger partial charge on any atom is -0.489 e. The van der Waals surface area contributed by atoms with Crippen LogP contribution in [0.4, 0.5) is 0 Å². The van der Waals surface area contributed by atoms with Gasteiger partial charge in [0.2, 0.25) is 0 Å². The van der Waals surface area contributed by atoms with E-state index in [0.29, 0.717) is 13.2 Å². The number of hydrogen-bond acceptors (Lipinski definition) is 2. The van der Waals surface area contributed by atoms with Crippen LogP contribution in [0, 0.1) is 0 Å². The van der Waals surface area contributed by atoms with Crippen LogP contribution in [0.25, 0.3) is 6.08 Å². The van der Waals surface area contributed by atoms with Crippen LogP contribution in [0.15, 0.2) is 24.3 Å². The molecule has 0 saturated carbocycles. The fourth-order valence-electron chi connectivity index (χ4n) is 1.39. The molecule has 1 aliphatic heterocycles. The first-order chi connectivity index (χ1) is 5.92. The van der Waals surface area contributed by atoms with Gasteiger partial charge in [0.1, 0.15) is 12.4 Å². The highest BCUT2D eigenvalue weighted by molar-refractivity contribution is 5.62. The first-order valence-corrected chi connectivity index (χ1v) is 4.03. The van der Waals surface area contributed by atoms with Crippen LogP contribution in [-0.4, -0.2) is 6.61 Å². The Morgan fingerprint density at radius 1 is 1.42 bits per heavy atom. The second kappa shape index (κ2) is 2.99. The largest absolute Gasteiger partial charge is 0.489 e. The van der Waals surface area contributed by atoms with Gasteiger partial charge in [0.05, 0.1) is 0 Å². The summed E-state index contributed by atoms with van der Waals surface area (Å²) in [5.41, 5.74) is 7.86. The molecule has 0 radical (unpaired) electrons. The predicted molar refractivity (Wildman–Crippen MR) is 48.9 cm³/mol. The van der Waals surface area contributed by atoms with Crippen LogP contribution < -0.4 is 10.5 Å². The summed E-state index contributed by atoms with van der Waals surface area (Å²) in [7, 11) is 0. The molecule has 0 bridgehead atoms. The molecular formula is C10H11NO. The Bertz CT molecular complexity index is 318. The van der Waals surface area contributed by atoms with Crippen molar-refractivity contribution >= 4 is 6.08 Å². The van der Waals surface area contributed by atoms with Crippen molar-refractivity contribution in [1.29, 1.82) is 0 Å². The molecule has 2 N–H and O–H groups in total. The molecule has 0 unspecified atom stereocenters. The minimum atomic E-state index is 0.566. The zero-order valence-corrected chi connectivity index (χ0v) is 6.79. The Kier molecular flexibility index (Phi) is 1.84. The predicted octanol–water partition coefficient (Wildman–Crippen LogP) is 1.55. The fourth-order valence-corrected chi connectivity index (χ4v) is 1.39. The Labute approximate surface area is 71.6 Å². The number of benzene rings is 1. The molecule has 0 fully saturated rings. The highest BCUT2D eigenvalue weighted by Crippen LogP contribution is 2.26. The van der Waals surface area contributed by atoms with E-state index < -0.39 is 0 Å². The van der Waals surface area contributed by atoms with Gasteiger partial charge in [-0.1, -0.05) is 18.2 Å². The molecule has 0 aliphatic carbocycles. The molecule has 2 rings (SSSR count). The lowest BCUT2D eigenvalue weighted by Crippen LogP contribution is -2.05. The second-order valence-corrected chi connectivity index (χ2v) is 2.75. The van der Waals surface area contributed by atoms with Crippen molar-refractivity contribution in [3.8, 4) is 5.75 Å². The Hall–Kier alpha value is -1.28. The van der Waals surface area contributed by atoms with Crippen molar-refractivity contribution in [2.24, 2.45) is 5.73 Å². The summed E-state index contributed by atoms with van der Waals surface area (Å²) >= 11 is 0. The van der Waals surface area contributed by atoms with Crippen LogP contribution in [0.3, 0.4) is 0 Å². The first kappa shape index (κ1) is 7.37. The summed E-state index contributed by atoms with van der Waals surface area (Å²) in [6.07, 6.45) is 4.07. The Morgan fingerprint density at radius 2 is 2.33 bits per heavy atom. The van der Waals surface area contributed by atoms with Gasteiger partial charge in [-0.2, -0.15) is 0 Å². The molecule has 62 valence electrons. The lowest BCUT2D eigenvalue weighted by molar-refractivity contribution is 0.358. The van der Waals surface area contributed by atoms with Gasteiger partial charge in [0, 0.05) is 12.1 Å². The second-order valence-electron chi connectivity index (χ2n) is 2.75. The lowest BCUT2D eigenvalue weighted by Gasteiger charge is -2.14. The van der Waals surface area contributed by atoms with Gasteiger partial charge in [-0.05, 0) is 17.7 Å². The maximum atomic E-state index is 5.58. The topological polar surface area (TPSA) is 35.2 Å². The molecule has 1 aromatic carbocycles. The van der Waals surface area contributed by atoms with Crippen LogP contribution in [0.5, 0.6) is 5.75 Å². The zero-order valence-electron chi connectivity index (χ0n) is 6.79. The van der Waals surface area contributed by atoms with Gasteiger partial charge in [-0.25, -0.2) is 0 Å². The highest BCUT2D eigenvalue weighted by atomic mass is 16.5. The average molecular weight is 161 g/mol. The molecular weight excluding hydrogens is 150 g/mol. The molecule has 1 aromatic rings. The molecule has 2 heteroatoms. The Morgan fingerprint density at radius 3 is 3.17 bits per heavy atom. The maximum absolute atomic E-state index is 5.58. The van der Waals surface area contributed by atoms with E-state index in [1.807, 2.05) is 24.3 Å². The van der Waals surface area contributed by atoms with E-state index in [-0.39, 0.29) is 0 Å². The standard InChI is InChI=1S/C10H11NO/c11-7-8-3-1-5-10-9(8)4-2-6-12-10/h1-5H,6-7,11H2. The van der Waals surface area contributed by atoms with Crippen molar-refractivity contribution in [2.45, 2.75) is 6.54 Å². The number of fused-ring (bicyclic) bond motifs is 1. The molecule has 1 heterocycles. The number of ether oxygens (including phenoxy) is 1. The first-order valence-electron chi connectivity index (χ1n) is 4.03. The highest BCUT2D eigenvalue weighted by Gasteiger charge is 2.07.